The van der Waals surface area contributed by atoms with E-state index in [2.05, 4.69) is 15.2 Å². The molecule has 30 heavy (non-hydrogen) atoms. The summed E-state index contributed by atoms with van der Waals surface area (Å²) in [6, 6.07) is 6.78. The maximum atomic E-state index is 13.0. The van der Waals surface area contributed by atoms with Crippen molar-refractivity contribution in [2.75, 3.05) is 23.3 Å². The topological polar surface area (TPSA) is 89.2 Å². The summed E-state index contributed by atoms with van der Waals surface area (Å²) in [4.78, 5) is 45.3. The molecule has 0 spiro atoms. The third kappa shape index (κ3) is 3.99. The minimum atomic E-state index is -0.520. The van der Waals surface area contributed by atoms with E-state index < -0.39 is 11.6 Å². The van der Waals surface area contributed by atoms with Crippen molar-refractivity contribution in [3.05, 3.63) is 50.1 Å². The second-order valence-electron chi connectivity index (χ2n) is 7.23. The maximum absolute atomic E-state index is 13.0. The largest absolute Gasteiger partial charge is 0.348 e. The number of benzene rings is 1. The van der Waals surface area contributed by atoms with Crippen LogP contribution in [0, 0.1) is 0 Å². The monoisotopic (exact) mass is 447 g/mol. The van der Waals surface area contributed by atoms with E-state index in [4.69, 9.17) is 11.6 Å². The zero-order chi connectivity index (χ0) is 21.3. The standard InChI is InChI=1S/C20H22ClN5O3S/c1-2-8-25-18(28)16-17(23-19(30-16)24-9-3-4-10-24)26(20(25)29)12-15(27)22-14-7-5-6-13(21)11-14/h5-7,11H,2-4,8-10,12H2,1H3,(H,22,27). The summed E-state index contributed by atoms with van der Waals surface area (Å²) >= 11 is 7.26. The van der Waals surface area contributed by atoms with E-state index in [-0.39, 0.29) is 17.8 Å². The SMILES string of the molecule is CCCn1c(=O)c2sc(N3CCCC3)nc2n(CC(=O)Nc2cccc(Cl)c2)c1=O. The molecule has 0 unspecified atom stereocenters. The third-order valence-electron chi connectivity index (χ3n) is 4.99. The Hall–Kier alpha value is -2.65. The molecule has 1 saturated heterocycles. The number of anilines is 2. The van der Waals surface area contributed by atoms with Crippen LogP contribution in [0.15, 0.2) is 33.9 Å². The van der Waals surface area contributed by atoms with Crippen molar-refractivity contribution in [2.24, 2.45) is 0 Å². The highest BCUT2D eigenvalue weighted by atomic mass is 35.5. The first-order chi connectivity index (χ1) is 14.5. The fourth-order valence-electron chi connectivity index (χ4n) is 3.59. The lowest BCUT2D eigenvalue weighted by atomic mass is 10.3. The Morgan fingerprint density at radius 1 is 1.23 bits per heavy atom. The lowest BCUT2D eigenvalue weighted by Gasteiger charge is -2.12. The smallest absolute Gasteiger partial charge is 0.333 e. The van der Waals surface area contributed by atoms with Crippen molar-refractivity contribution in [1.29, 1.82) is 0 Å². The van der Waals surface area contributed by atoms with Gasteiger partial charge in [-0.25, -0.2) is 9.78 Å². The highest BCUT2D eigenvalue weighted by Crippen LogP contribution is 2.28. The second-order valence-corrected chi connectivity index (χ2v) is 8.64. The summed E-state index contributed by atoms with van der Waals surface area (Å²) in [6.45, 7) is 3.70. The molecule has 1 N–H and O–H groups in total. The van der Waals surface area contributed by atoms with E-state index >= 15 is 0 Å². The van der Waals surface area contributed by atoms with Gasteiger partial charge in [0, 0.05) is 30.3 Å². The molecule has 0 aliphatic carbocycles. The van der Waals surface area contributed by atoms with Crippen molar-refractivity contribution in [2.45, 2.75) is 39.3 Å². The summed E-state index contributed by atoms with van der Waals surface area (Å²) in [5.74, 6) is -0.391. The van der Waals surface area contributed by atoms with Crippen molar-refractivity contribution in [3.8, 4) is 0 Å². The average Bonchev–Trinajstić information content (AvgIpc) is 3.38. The van der Waals surface area contributed by atoms with Gasteiger partial charge in [-0.15, -0.1) is 0 Å². The Bertz CT molecular complexity index is 1210. The molecule has 2 aromatic heterocycles. The Balaban J connectivity index is 1.75. The Labute approximate surface area is 181 Å². The van der Waals surface area contributed by atoms with Gasteiger partial charge in [0.15, 0.2) is 10.8 Å². The van der Waals surface area contributed by atoms with Crippen LogP contribution in [0.5, 0.6) is 0 Å². The molecule has 3 aromatic rings. The number of thiazole rings is 1. The van der Waals surface area contributed by atoms with Crippen LogP contribution in [0.4, 0.5) is 10.8 Å². The van der Waals surface area contributed by atoms with Crippen molar-refractivity contribution in [1.82, 2.24) is 14.1 Å². The maximum Gasteiger partial charge on any atom is 0.333 e. The predicted molar refractivity (Wildman–Crippen MR) is 120 cm³/mol. The van der Waals surface area contributed by atoms with Gasteiger partial charge >= 0.3 is 5.69 Å². The summed E-state index contributed by atoms with van der Waals surface area (Å²) in [6.07, 6.45) is 2.78. The molecule has 1 aliphatic heterocycles. The molecule has 8 nitrogen and oxygen atoms in total. The molecular weight excluding hydrogens is 426 g/mol. The van der Waals surface area contributed by atoms with Crippen LogP contribution in [-0.4, -0.2) is 33.1 Å². The molecule has 0 radical (unpaired) electrons. The number of carbonyl (C=O) groups is 1. The summed E-state index contributed by atoms with van der Waals surface area (Å²) in [7, 11) is 0. The molecule has 10 heteroatoms. The van der Waals surface area contributed by atoms with Gasteiger partial charge in [-0.2, -0.15) is 0 Å². The number of halogens is 1. The minimum Gasteiger partial charge on any atom is -0.348 e. The van der Waals surface area contributed by atoms with Gasteiger partial charge in [0.05, 0.1) is 0 Å². The van der Waals surface area contributed by atoms with Gasteiger partial charge < -0.3 is 10.2 Å². The van der Waals surface area contributed by atoms with E-state index in [1.54, 1.807) is 24.3 Å². The Kier molecular flexibility index (Phi) is 5.92. The number of rotatable bonds is 6. The zero-order valence-electron chi connectivity index (χ0n) is 16.6. The van der Waals surface area contributed by atoms with Crippen LogP contribution in [0.3, 0.4) is 0 Å². The highest BCUT2D eigenvalue weighted by molar-refractivity contribution is 7.22. The third-order valence-corrected chi connectivity index (χ3v) is 6.32. The Morgan fingerprint density at radius 2 is 2.00 bits per heavy atom. The summed E-state index contributed by atoms with van der Waals surface area (Å²) in [5, 5.41) is 3.96. The zero-order valence-corrected chi connectivity index (χ0v) is 18.1. The molecular formula is C20H22ClN5O3S. The molecule has 1 aromatic carbocycles. The van der Waals surface area contributed by atoms with Crippen LogP contribution in [-0.2, 0) is 17.9 Å². The highest BCUT2D eigenvalue weighted by Gasteiger charge is 2.23. The Morgan fingerprint density at radius 3 is 2.70 bits per heavy atom. The van der Waals surface area contributed by atoms with Gasteiger partial charge in [0.25, 0.3) is 5.56 Å². The number of carbonyl (C=O) groups excluding carboxylic acids is 1. The number of amides is 1. The number of fused-ring (bicyclic) bond motifs is 1. The van der Waals surface area contributed by atoms with Crippen LogP contribution in [0.1, 0.15) is 26.2 Å². The van der Waals surface area contributed by atoms with Gasteiger partial charge in [-0.1, -0.05) is 35.9 Å². The van der Waals surface area contributed by atoms with E-state index in [0.717, 1.165) is 31.1 Å². The quantitative estimate of drug-likeness (QED) is 0.627. The van der Waals surface area contributed by atoms with E-state index in [1.165, 1.54) is 20.5 Å². The normalized spacial score (nSPS) is 13.9. The second kappa shape index (κ2) is 8.61. The molecule has 4 rings (SSSR count). The fraction of sp³-hybridized carbons (Fsp3) is 0.400. The molecule has 0 saturated carbocycles. The van der Waals surface area contributed by atoms with Crippen LogP contribution < -0.4 is 21.5 Å². The summed E-state index contributed by atoms with van der Waals surface area (Å²) < 4.78 is 2.89. The van der Waals surface area contributed by atoms with E-state index in [9.17, 15) is 14.4 Å². The van der Waals surface area contributed by atoms with Gasteiger partial charge in [0.1, 0.15) is 11.2 Å². The molecule has 158 valence electrons. The minimum absolute atomic E-state index is 0.241. The van der Waals surface area contributed by atoms with E-state index in [1.807, 2.05) is 6.92 Å². The molecule has 1 amide bonds. The average molecular weight is 448 g/mol. The molecule has 0 bridgehead atoms. The van der Waals surface area contributed by atoms with Crippen LogP contribution in [0.2, 0.25) is 5.02 Å². The number of hydrogen-bond donors (Lipinski definition) is 1. The van der Waals surface area contributed by atoms with Gasteiger partial charge in [-0.05, 0) is 37.5 Å². The lowest BCUT2D eigenvalue weighted by molar-refractivity contribution is -0.116. The van der Waals surface area contributed by atoms with Crippen LogP contribution in [0.25, 0.3) is 10.3 Å². The van der Waals surface area contributed by atoms with Crippen molar-refractivity contribution < 1.29 is 4.79 Å². The van der Waals surface area contributed by atoms with Crippen molar-refractivity contribution in [3.63, 3.8) is 0 Å². The van der Waals surface area contributed by atoms with E-state index in [0.29, 0.717) is 28.4 Å². The number of aromatic nitrogens is 3. The predicted octanol–water partition coefficient (Wildman–Crippen LogP) is 2.92. The molecule has 0 atom stereocenters. The molecule has 1 fully saturated rings. The van der Waals surface area contributed by atoms with Gasteiger partial charge in [-0.3, -0.25) is 18.7 Å². The first-order valence-corrected chi connectivity index (χ1v) is 11.1. The number of nitrogens with one attached hydrogen (secondary N) is 1. The first-order valence-electron chi connectivity index (χ1n) is 9.92. The summed E-state index contributed by atoms with van der Waals surface area (Å²) in [5.41, 5.74) is -0.0552. The van der Waals surface area contributed by atoms with Crippen LogP contribution >= 0.6 is 22.9 Å². The fourth-order valence-corrected chi connectivity index (χ4v) is 4.85. The lowest BCUT2D eigenvalue weighted by Crippen LogP contribution is -2.41. The molecule has 1 aliphatic rings. The number of nitrogens with zero attached hydrogens (tertiary/aromatic N) is 4. The van der Waals surface area contributed by atoms with Gasteiger partial charge in [0.2, 0.25) is 5.91 Å². The van der Waals surface area contributed by atoms with Crippen molar-refractivity contribution >= 4 is 50.0 Å². The molecule has 3 heterocycles. The number of hydrogen-bond acceptors (Lipinski definition) is 6. The first kappa shape index (κ1) is 20.6.